The van der Waals surface area contributed by atoms with Crippen LogP contribution in [-0.4, -0.2) is 18.4 Å². The molecule has 1 aliphatic rings. The predicted molar refractivity (Wildman–Crippen MR) is 160 cm³/mol. The Morgan fingerprint density at radius 1 is 0.947 bits per heavy atom. The largest absolute Gasteiger partial charge is 0.383 e. The number of benzene rings is 3. The van der Waals surface area contributed by atoms with Crippen LogP contribution in [-0.2, 0) is 13.6 Å². The number of hydrogen-bond acceptors (Lipinski definition) is 7. The molecular formula is C26H18BrCl3N4O2S2. The zero-order chi connectivity index (χ0) is 27.2. The molecule has 0 radical (unpaired) electrons. The molecule has 2 N–H and O–H groups in total. The molecule has 194 valence electrons. The highest BCUT2D eigenvalue weighted by atomic mass is 79.9. The molecule has 0 amide bonds. The molecule has 1 aromatic heterocycles. The molecule has 0 fully saturated rings. The van der Waals surface area contributed by atoms with E-state index in [0.717, 1.165) is 21.8 Å². The average molecular weight is 669 g/mol. The number of thioether (sulfide) groups is 1. The molecule has 0 saturated heterocycles. The summed E-state index contributed by atoms with van der Waals surface area (Å²) in [5, 5.41) is 0.372. The van der Waals surface area contributed by atoms with E-state index < -0.39 is 13.6 Å². The van der Waals surface area contributed by atoms with Gasteiger partial charge in [-0.3, -0.25) is 4.90 Å². The molecule has 1 aliphatic heterocycles. The summed E-state index contributed by atoms with van der Waals surface area (Å²) in [6.07, 6.45) is 0. The highest BCUT2D eigenvalue weighted by Crippen LogP contribution is 2.55. The molecule has 38 heavy (non-hydrogen) atoms. The third kappa shape index (κ3) is 5.15. The quantitative estimate of drug-likeness (QED) is 0.221. The lowest BCUT2D eigenvalue weighted by Crippen LogP contribution is -2.18. The van der Waals surface area contributed by atoms with E-state index in [1.807, 2.05) is 37.3 Å². The number of nitrogens with zero attached hydrogens (tertiary/aromatic N) is 3. The van der Waals surface area contributed by atoms with Gasteiger partial charge in [0.15, 0.2) is 11.6 Å². The first kappa shape index (κ1) is 27.3. The zero-order valence-corrected chi connectivity index (χ0v) is 25.1. The lowest BCUT2D eigenvalue weighted by atomic mass is 10.2. The maximum absolute atomic E-state index is 14.3. The van der Waals surface area contributed by atoms with Gasteiger partial charge >= 0.3 is 0 Å². The Kier molecular flexibility index (Phi) is 7.45. The number of anilines is 3. The highest BCUT2D eigenvalue weighted by molar-refractivity contribution is 9.10. The first-order valence-electron chi connectivity index (χ1n) is 11.1. The van der Waals surface area contributed by atoms with Crippen molar-refractivity contribution in [3.05, 3.63) is 105 Å². The van der Waals surface area contributed by atoms with E-state index in [1.54, 1.807) is 53.4 Å². The van der Waals surface area contributed by atoms with Gasteiger partial charge in [0.2, 0.25) is 13.6 Å². The van der Waals surface area contributed by atoms with Gasteiger partial charge in [0.25, 0.3) is 0 Å². The molecule has 4 aromatic rings. The van der Waals surface area contributed by atoms with E-state index in [1.165, 1.54) is 0 Å². The number of sulfone groups is 1. The van der Waals surface area contributed by atoms with Gasteiger partial charge in [-0.1, -0.05) is 111 Å². The van der Waals surface area contributed by atoms with Crippen molar-refractivity contribution < 1.29 is 8.42 Å². The van der Waals surface area contributed by atoms with Crippen molar-refractivity contribution in [3.63, 3.8) is 0 Å². The maximum Gasteiger partial charge on any atom is 0.250 e. The van der Waals surface area contributed by atoms with Crippen LogP contribution in [0.3, 0.4) is 0 Å². The van der Waals surface area contributed by atoms with Crippen molar-refractivity contribution in [2.45, 2.75) is 20.5 Å². The zero-order valence-electron chi connectivity index (χ0n) is 19.6. The molecule has 5 rings (SSSR count). The average Bonchev–Trinajstić information content (AvgIpc) is 3.25. The summed E-state index contributed by atoms with van der Waals surface area (Å²) in [5.74, 6) is 0.270. The number of nitrogen functional groups attached to an aromatic ring is 1. The van der Waals surface area contributed by atoms with Crippen LogP contribution in [0.15, 0.2) is 98.2 Å². The van der Waals surface area contributed by atoms with Crippen molar-refractivity contribution in [1.29, 1.82) is 0 Å². The number of hydrogen-bond donors (Lipinski definition) is 1. The minimum Gasteiger partial charge on any atom is -0.383 e. The Morgan fingerprint density at radius 3 is 2.18 bits per heavy atom. The van der Waals surface area contributed by atoms with Gasteiger partial charge in [0.1, 0.15) is 15.8 Å². The minimum absolute atomic E-state index is 0.0696. The number of para-hydroxylation sites is 1. The molecule has 0 atom stereocenters. The molecule has 0 unspecified atom stereocenters. The Morgan fingerprint density at radius 2 is 1.58 bits per heavy atom. The van der Waals surface area contributed by atoms with E-state index in [9.17, 15) is 8.42 Å². The van der Waals surface area contributed by atoms with Crippen molar-refractivity contribution in [3.8, 4) is 0 Å². The number of alkyl halides is 3. The van der Waals surface area contributed by atoms with Crippen LogP contribution in [0.4, 0.5) is 17.3 Å². The first-order valence-corrected chi connectivity index (χ1v) is 15.3. The third-order valence-corrected chi connectivity index (χ3v) is 9.86. The van der Waals surface area contributed by atoms with Gasteiger partial charge in [0.05, 0.1) is 9.79 Å². The van der Waals surface area contributed by atoms with Crippen LogP contribution in [0.5, 0.6) is 0 Å². The SMILES string of the molecule is Cc1ccc(S(=O)(=O)C(=C2Sc3c(N)nc(C(Cl)(Cl)Cl)nc3N2c2ccccc2)c2ccc(Br)cc2)cc1. The van der Waals surface area contributed by atoms with Gasteiger partial charge in [-0.2, -0.15) is 0 Å². The molecule has 0 aliphatic carbocycles. The van der Waals surface area contributed by atoms with Gasteiger partial charge in [0, 0.05) is 10.2 Å². The van der Waals surface area contributed by atoms with Crippen LogP contribution >= 0.6 is 62.5 Å². The summed E-state index contributed by atoms with van der Waals surface area (Å²) in [7, 11) is -4.04. The summed E-state index contributed by atoms with van der Waals surface area (Å²) in [6, 6.07) is 23.0. The van der Waals surface area contributed by atoms with E-state index in [2.05, 4.69) is 25.9 Å². The number of fused-ring (bicyclic) bond motifs is 1. The second kappa shape index (κ2) is 10.4. The number of rotatable bonds is 4. The van der Waals surface area contributed by atoms with Crippen molar-refractivity contribution in [2.24, 2.45) is 0 Å². The number of nitrogens with two attached hydrogens (primary N) is 1. The lowest BCUT2D eigenvalue weighted by molar-refractivity contribution is 0.605. The number of aromatic nitrogens is 2. The summed E-state index contributed by atoms with van der Waals surface area (Å²) in [6.45, 7) is 1.90. The molecule has 2 heterocycles. The van der Waals surface area contributed by atoms with E-state index >= 15 is 0 Å². The highest BCUT2D eigenvalue weighted by Gasteiger charge is 2.40. The molecular weight excluding hydrogens is 651 g/mol. The van der Waals surface area contributed by atoms with Crippen molar-refractivity contribution in [2.75, 3.05) is 10.6 Å². The number of halogens is 4. The third-order valence-electron chi connectivity index (χ3n) is 5.66. The van der Waals surface area contributed by atoms with Gasteiger partial charge in [-0.25, -0.2) is 18.4 Å². The van der Waals surface area contributed by atoms with Crippen molar-refractivity contribution >= 4 is 94.6 Å². The van der Waals surface area contributed by atoms with Crippen LogP contribution in [0.1, 0.15) is 17.0 Å². The molecule has 12 heteroatoms. The second-order valence-corrected chi connectivity index (χ2v) is 14.4. The number of aryl methyl sites for hydroxylation is 1. The van der Waals surface area contributed by atoms with Crippen LogP contribution < -0.4 is 10.6 Å². The lowest BCUT2D eigenvalue weighted by Gasteiger charge is -2.23. The molecule has 0 spiro atoms. The monoisotopic (exact) mass is 666 g/mol. The second-order valence-electron chi connectivity index (χ2n) is 8.31. The topological polar surface area (TPSA) is 89.2 Å². The summed E-state index contributed by atoms with van der Waals surface area (Å²) >= 11 is 22.9. The van der Waals surface area contributed by atoms with Crippen molar-refractivity contribution in [1.82, 2.24) is 9.97 Å². The molecule has 6 nitrogen and oxygen atoms in total. The van der Waals surface area contributed by atoms with Gasteiger partial charge in [-0.05, 0) is 48.9 Å². The maximum atomic E-state index is 14.3. The minimum atomic E-state index is -4.04. The Labute approximate surface area is 247 Å². The normalized spacial score (nSPS) is 14.9. The van der Waals surface area contributed by atoms with E-state index in [-0.39, 0.29) is 21.4 Å². The fourth-order valence-corrected chi connectivity index (χ4v) is 7.40. The summed E-state index contributed by atoms with van der Waals surface area (Å²) < 4.78 is 27.5. The Bertz CT molecular complexity index is 1660. The Hall–Kier alpha value is -2.27. The molecule has 0 saturated carbocycles. The molecule has 0 bridgehead atoms. The van der Waals surface area contributed by atoms with Crippen LogP contribution in [0, 0.1) is 6.92 Å². The molecule has 3 aromatic carbocycles. The Balaban J connectivity index is 1.86. The summed E-state index contributed by atoms with van der Waals surface area (Å²) in [4.78, 5) is 11.1. The fraction of sp³-hybridized carbons (Fsp3) is 0.0769. The van der Waals surface area contributed by atoms with E-state index in [0.29, 0.717) is 27.0 Å². The van der Waals surface area contributed by atoms with Crippen LogP contribution in [0.25, 0.3) is 4.91 Å². The van der Waals surface area contributed by atoms with Gasteiger partial charge < -0.3 is 5.73 Å². The smallest absolute Gasteiger partial charge is 0.250 e. The first-order chi connectivity index (χ1) is 18.0. The standard InChI is InChI=1S/C26H18BrCl3N4O2S2/c1-15-7-13-19(14-8-15)38(35,36)21(16-9-11-17(27)12-10-16)24-34(18-5-3-2-4-6-18)23-20(37-24)22(31)32-25(33-23)26(28,29)30/h2-14H,1H3,(H2,31,32,33). The summed E-state index contributed by atoms with van der Waals surface area (Å²) in [5.41, 5.74) is 8.39. The van der Waals surface area contributed by atoms with E-state index in [4.69, 9.17) is 40.5 Å². The van der Waals surface area contributed by atoms with Gasteiger partial charge in [-0.15, -0.1) is 0 Å². The fourth-order valence-electron chi connectivity index (χ4n) is 3.86. The predicted octanol–water partition coefficient (Wildman–Crippen LogP) is 8.00. The van der Waals surface area contributed by atoms with Crippen LogP contribution in [0.2, 0.25) is 0 Å².